The Kier molecular flexibility index (Phi) is 5.66. The third-order valence-corrected chi connectivity index (χ3v) is 5.01. The molecule has 3 aromatic carbocycles. The van der Waals surface area contributed by atoms with Gasteiger partial charge in [-0.15, -0.1) is 0 Å². The molecule has 0 unspecified atom stereocenters. The molecular weight excluding hydrogens is 358 g/mol. The first kappa shape index (κ1) is 18.9. The van der Waals surface area contributed by atoms with Crippen molar-refractivity contribution in [3.63, 3.8) is 0 Å². The Bertz CT molecular complexity index is 1190. The van der Waals surface area contributed by atoms with E-state index in [-0.39, 0.29) is 5.97 Å². The Labute approximate surface area is 170 Å². The molecule has 0 aliphatic carbocycles. The first-order chi connectivity index (χ1) is 14.2. The lowest BCUT2D eigenvalue weighted by Crippen LogP contribution is -2.02. The van der Waals surface area contributed by atoms with E-state index in [1.54, 1.807) is 6.08 Å². The molecule has 0 aliphatic heterocycles. The lowest BCUT2D eigenvalue weighted by atomic mass is 9.96. The SMILES string of the molecule is CCOC(=O)C=C(CCc1ccc2ccccc2n1)c1ccc2ccccc2c1. The summed E-state index contributed by atoms with van der Waals surface area (Å²) < 4.78 is 5.16. The van der Waals surface area contributed by atoms with E-state index in [1.807, 2.05) is 37.3 Å². The van der Waals surface area contributed by atoms with Crippen LogP contribution in [-0.4, -0.2) is 17.6 Å². The van der Waals surface area contributed by atoms with Gasteiger partial charge in [0.1, 0.15) is 0 Å². The number of ether oxygens (including phenoxy) is 1. The Morgan fingerprint density at radius 3 is 2.45 bits per heavy atom. The van der Waals surface area contributed by atoms with Crippen molar-refractivity contribution in [2.75, 3.05) is 6.61 Å². The van der Waals surface area contributed by atoms with Crippen LogP contribution < -0.4 is 0 Å². The molecule has 0 radical (unpaired) electrons. The monoisotopic (exact) mass is 381 g/mol. The van der Waals surface area contributed by atoms with Gasteiger partial charge < -0.3 is 4.74 Å². The molecule has 0 spiro atoms. The predicted octanol–water partition coefficient (Wildman–Crippen LogP) is 5.97. The van der Waals surface area contributed by atoms with Gasteiger partial charge in [-0.05, 0) is 59.9 Å². The maximum Gasteiger partial charge on any atom is 0.331 e. The van der Waals surface area contributed by atoms with Crippen LogP contribution in [0.5, 0.6) is 0 Å². The number of para-hydroxylation sites is 1. The van der Waals surface area contributed by atoms with Gasteiger partial charge in [0.25, 0.3) is 0 Å². The Morgan fingerprint density at radius 1 is 0.897 bits per heavy atom. The Balaban J connectivity index is 1.63. The molecule has 29 heavy (non-hydrogen) atoms. The molecule has 0 saturated carbocycles. The van der Waals surface area contributed by atoms with E-state index in [0.717, 1.165) is 39.5 Å². The van der Waals surface area contributed by atoms with Crippen molar-refractivity contribution >= 4 is 33.2 Å². The smallest absolute Gasteiger partial charge is 0.331 e. The van der Waals surface area contributed by atoms with Crippen molar-refractivity contribution in [2.24, 2.45) is 0 Å². The molecule has 0 amide bonds. The van der Waals surface area contributed by atoms with E-state index in [1.165, 1.54) is 5.39 Å². The number of carbonyl (C=O) groups excluding carboxylic acids is 1. The molecule has 0 bridgehead atoms. The zero-order valence-corrected chi connectivity index (χ0v) is 16.5. The van der Waals surface area contributed by atoms with E-state index in [2.05, 4.69) is 48.5 Å². The lowest BCUT2D eigenvalue weighted by molar-refractivity contribution is -0.137. The zero-order chi connectivity index (χ0) is 20.1. The van der Waals surface area contributed by atoms with Crippen LogP contribution in [0.25, 0.3) is 27.2 Å². The van der Waals surface area contributed by atoms with Gasteiger partial charge in [-0.25, -0.2) is 4.79 Å². The fraction of sp³-hybridized carbons (Fsp3) is 0.154. The van der Waals surface area contributed by atoms with Crippen molar-refractivity contribution in [3.05, 3.63) is 96.2 Å². The maximum atomic E-state index is 12.2. The van der Waals surface area contributed by atoms with Crippen LogP contribution in [0.15, 0.2) is 84.9 Å². The standard InChI is InChI=1S/C26H23NO2/c1-2-29-26(28)18-23(22-12-11-19-7-3-4-9-21(19)17-22)14-16-24-15-13-20-8-5-6-10-25(20)27-24/h3-13,15,17-18H,2,14,16H2,1H3. The van der Waals surface area contributed by atoms with Gasteiger partial charge in [-0.3, -0.25) is 4.98 Å². The summed E-state index contributed by atoms with van der Waals surface area (Å²) in [5.41, 5.74) is 4.01. The normalized spacial score (nSPS) is 11.7. The molecule has 0 fully saturated rings. The number of nitrogens with zero attached hydrogens (tertiary/aromatic N) is 1. The summed E-state index contributed by atoms with van der Waals surface area (Å²) in [4.78, 5) is 16.9. The molecule has 3 nitrogen and oxygen atoms in total. The number of aromatic nitrogens is 1. The van der Waals surface area contributed by atoms with Crippen LogP contribution in [0.3, 0.4) is 0 Å². The Morgan fingerprint density at radius 2 is 1.62 bits per heavy atom. The van der Waals surface area contributed by atoms with Crippen LogP contribution in [0.4, 0.5) is 0 Å². The molecular formula is C26H23NO2. The van der Waals surface area contributed by atoms with E-state index in [9.17, 15) is 4.79 Å². The number of carbonyl (C=O) groups is 1. The fourth-order valence-electron chi connectivity index (χ4n) is 3.53. The summed E-state index contributed by atoms with van der Waals surface area (Å²) in [7, 11) is 0. The number of hydrogen-bond acceptors (Lipinski definition) is 3. The van der Waals surface area contributed by atoms with Crippen LogP contribution in [0.2, 0.25) is 0 Å². The second kappa shape index (κ2) is 8.70. The highest BCUT2D eigenvalue weighted by molar-refractivity contribution is 5.93. The van der Waals surface area contributed by atoms with Gasteiger partial charge in [-0.2, -0.15) is 0 Å². The average Bonchev–Trinajstić information content (AvgIpc) is 2.76. The highest BCUT2D eigenvalue weighted by Crippen LogP contribution is 2.25. The van der Waals surface area contributed by atoms with Crippen molar-refractivity contribution < 1.29 is 9.53 Å². The van der Waals surface area contributed by atoms with Crippen molar-refractivity contribution in [1.29, 1.82) is 0 Å². The van der Waals surface area contributed by atoms with Gasteiger partial charge in [-0.1, -0.05) is 60.7 Å². The second-order valence-corrected chi connectivity index (χ2v) is 6.98. The summed E-state index contributed by atoms with van der Waals surface area (Å²) in [6.07, 6.45) is 3.08. The van der Waals surface area contributed by atoms with E-state index < -0.39 is 0 Å². The highest BCUT2D eigenvalue weighted by Gasteiger charge is 2.09. The van der Waals surface area contributed by atoms with Crippen molar-refractivity contribution in [2.45, 2.75) is 19.8 Å². The molecule has 0 N–H and O–H groups in total. The van der Waals surface area contributed by atoms with E-state index in [4.69, 9.17) is 9.72 Å². The van der Waals surface area contributed by atoms with Gasteiger partial charge in [0.15, 0.2) is 0 Å². The number of fused-ring (bicyclic) bond motifs is 2. The molecule has 0 saturated heterocycles. The first-order valence-electron chi connectivity index (χ1n) is 9.94. The third kappa shape index (κ3) is 4.52. The quantitative estimate of drug-likeness (QED) is 0.305. The number of allylic oxidation sites excluding steroid dienone is 1. The molecule has 0 aliphatic rings. The molecule has 1 aromatic heterocycles. The summed E-state index contributed by atoms with van der Waals surface area (Å²) >= 11 is 0. The molecule has 144 valence electrons. The number of pyridine rings is 1. The molecule has 1 heterocycles. The Hall–Kier alpha value is -3.46. The van der Waals surface area contributed by atoms with Crippen molar-refractivity contribution in [3.8, 4) is 0 Å². The van der Waals surface area contributed by atoms with Crippen molar-refractivity contribution in [1.82, 2.24) is 4.98 Å². The number of hydrogen-bond donors (Lipinski definition) is 0. The van der Waals surface area contributed by atoms with Gasteiger partial charge in [0, 0.05) is 17.2 Å². The number of rotatable bonds is 6. The molecule has 4 rings (SSSR count). The molecule has 0 atom stereocenters. The number of esters is 1. The van der Waals surface area contributed by atoms with Gasteiger partial charge in [0.2, 0.25) is 0 Å². The minimum absolute atomic E-state index is 0.304. The number of aryl methyl sites for hydroxylation is 1. The van der Waals surface area contributed by atoms with Gasteiger partial charge >= 0.3 is 5.97 Å². The maximum absolute atomic E-state index is 12.2. The summed E-state index contributed by atoms with van der Waals surface area (Å²) in [6, 6.07) is 26.8. The summed E-state index contributed by atoms with van der Waals surface area (Å²) in [5, 5.41) is 3.47. The van der Waals surface area contributed by atoms with E-state index >= 15 is 0 Å². The minimum Gasteiger partial charge on any atom is -0.463 e. The van der Waals surface area contributed by atoms with Crippen LogP contribution in [0.1, 0.15) is 24.6 Å². The van der Waals surface area contributed by atoms with E-state index in [0.29, 0.717) is 13.0 Å². The summed E-state index contributed by atoms with van der Waals surface area (Å²) in [6.45, 7) is 2.19. The zero-order valence-electron chi connectivity index (χ0n) is 16.5. The lowest BCUT2D eigenvalue weighted by Gasteiger charge is -2.10. The highest BCUT2D eigenvalue weighted by atomic mass is 16.5. The third-order valence-electron chi connectivity index (χ3n) is 5.01. The summed E-state index contributed by atoms with van der Waals surface area (Å²) in [5.74, 6) is -0.304. The first-order valence-corrected chi connectivity index (χ1v) is 9.94. The van der Waals surface area contributed by atoms with Crippen LogP contribution >= 0.6 is 0 Å². The minimum atomic E-state index is -0.304. The predicted molar refractivity (Wildman–Crippen MR) is 119 cm³/mol. The number of benzene rings is 3. The topological polar surface area (TPSA) is 39.2 Å². The van der Waals surface area contributed by atoms with Crippen LogP contribution in [0, 0.1) is 0 Å². The van der Waals surface area contributed by atoms with Crippen LogP contribution in [-0.2, 0) is 16.0 Å². The largest absolute Gasteiger partial charge is 0.463 e. The molecule has 3 heteroatoms. The van der Waals surface area contributed by atoms with Gasteiger partial charge in [0.05, 0.1) is 12.1 Å². The average molecular weight is 381 g/mol. The molecule has 4 aromatic rings. The second-order valence-electron chi connectivity index (χ2n) is 6.98. The fourth-order valence-corrected chi connectivity index (χ4v) is 3.53.